The smallest absolute Gasteiger partial charge is 0.330 e. The van der Waals surface area contributed by atoms with Crippen LogP contribution in [0, 0.1) is 23.7 Å². The zero-order chi connectivity index (χ0) is 21.4. The van der Waals surface area contributed by atoms with Crippen LogP contribution in [-0.4, -0.2) is 58.9 Å². The first-order chi connectivity index (χ1) is 13.1. The van der Waals surface area contributed by atoms with Gasteiger partial charge in [-0.15, -0.1) is 24.0 Å². The molecule has 9 heteroatoms. The zero-order valence-electron chi connectivity index (χ0n) is 16.3. The average molecular weight is 443 g/mol. The number of amides is 1. The van der Waals surface area contributed by atoms with Crippen LogP contribution in [0.25, 0.3) is 0 Å². The van der Waals surface area contributed by atoms with E-state index in [1.165, 1.54) is 19.2 Å². The second-order valence-corrected chi connectivity index (χ2v) is 6.92. The van der Waals surface area contributed by atoms with Crippen LogP contribution >= 0.6 is 24.0 Å². The van der Waals surface area contributed by atoms with Gasteiger partial charge in [0.1, 0.15) is 6.04 Å². The summed E-state index contributed by atoms with van der Waals surface area (Å²) in [5.74, 6) is 8.71. The van der Waals surface area contributed by atoms with Gasteiger partial charge in [0.2, 0.25) is 0 Å². The Bertz CT molecular complexity index is 823. The first kappa shape index (κ1) is 26.7. The number of benzene rings is 1. The van der Waals surface area contributed by atoms with Crippen molar-refractivity contribution in [2.45, 2.75) is 31.0 Å². The Morgan fingerprint density at radius 1 is 1.28 bits per heavy atom. The molecule has 0 aliphatic rings. The predicted octanol–water partition coefficient (Wildman–Crippen LogP) is 0.434. The number of carbonyl (C=O) groups excluding carboxylic acids is 2. The Kier molecular flexibility index (Phi) is 10.8. The number of ether oxygens (including phenoxy) is 1. The Labute approximate surface area is 181 Å². The molecule has 158 valence electrons. The molecule has 0 spiro atoms. The monoisotopic (exact) mass is 442 g/mol. The fraction of sp³-hybridized carbons (Fsp3) is 0.400. The van der Waals surface area contributed by atoms with E-state index in [0.717, 1.165) is 0 Å². The highest BCUT2D eigenvalue weighted by Crippen LogP contribution is 2.10. The van der Waals surface area contributed by atoms with Gasteiger partial charge in [-0.25, -0.2) is 4.79 Å². The van der Waals surface area contributed by atoms with Crippen LogP contribution in [-0.2, 0) is 9.53 Å². The number of nitrogens with two attached hydrogens (primary N) is 1. The number of esters is 1. The van der Waals surface area contributed by atoms with Crippen LogP contribution in [0.3, 0.4) is 0 Å². The topological polar surface area (TPSA) is 122 Å². The summed E-state index contributed by atoms with van der Waals surface area (Å²) in [6.45, 7) is 2.62. The van der Waals surface area contributed by atoms with Crippen molar-refractivity contribution >= 4 is 35.9 Å². The van der Waals surface area contributed by atoms with E-state index in [1.54, 1.807) is 26.0 Å². The van der Waals surface area contributed by atoms with Crippen LogP contribution < -0.4 is 11.1 Å². The minimum absolute atomic E-state index is 0. The molecule has 0 bridgehead atoms. The number of methoxy groups -OCH3 is 1. The number of hydrogen-bond donors (Lipinski definition) is 4. The zero-order valence-corrected chi connectivity index (χ0v) is 17.9. The normalized spacial score (nSPS) is 13.2. The highest BCUT2D eigenvalue weighted by molar-refractivity contribution is 6.18. The molecule has 5 N–H and O–H groups in total. The molecule has 1 aromatic carbocycles. The first-order valence-corrected chi connectivity index (χ1v) is 8.80. The van der Waals surface area contributed by atoms with Crippen molar-refractivity contribution in [1.82, 2.24) is 5.32 Å². The number of halogens is 2. The molecule has 0 heterocycles. The third-order valence-corrected chi connectivity index (χ3v) is 4.09. The van der Waals surface area contributed by atoms with Crippen molar-refractivity contribution in [3.8, 4) is 23.7 Å². The summed E-state index contributed by atoms with van der Waals surface area (Å²) in [5, 5.41) is 21.3. The fourth-order valence-corrected chi connectivity index (χ4v) is 2.10. The lowest BCUT2D eigenvalue weighted by Crippen LogP contribution is -2.59. The average Bonchev–Trinajstić information content (AvgIpc) is 2.68. The molecule has 7 nitrogen and oxygen atoms in total. The summed E-state index contributed by atoms with van der Waals surface area (Å²) in [6, 6.07) is 5.27. The molecule has 1 rings (SSSR count). The quantitative estimate of drug-likeness (QED) is 0.288. The number of alkyl halides is 1. The van der Waals surface area contributed by atoms with E-state index in [-0.39, 0.29) is 18.3 Å². The van der Waals surface area contributed by atoms with Gasteiger partial charge in [-0.3, -0.25) is 4.79 Å². The van der Waals surface area contributed by atoms with Crippen molar-refractivity contribution < 1.29 is 24.5 Å². The second-order valence-electron chi connectivity index (χ2n) is 6.65. The SMILES string of the molecule is COC(=O)[C@@H](NC(=O)c1ccc(C#CC#CC(O)(CO)CCl)cc1)C(C)(C)N.Cl. The van der Waals surface area contributed by atoms with Gasteiger partial charge >= 0.3 is 5.97 Å². The van der Waals surface area contributed by atoms with Crippen molar-refractivity contribution in [1.29, 1.82) is 0 Å². The van der Waals surface area contributed by atoms with E-state index >= 15 is 0 Å². The Morgan fingerprint density at radius 2 is 1.86 bits per heavy atom. The lowest BCUT2D eigenvalue weighted by Gasteiger charge is -2.28. The van der Waals surface area contributed by atoms with Crippen LogP contribution in [0.5, 0.6) is 0 Å². The van der Waals surface area contributed by atoms with E-state index < -0.39 is 35.7 Å². The molecular formula is C20H24Cl2N2O5. The van der Waals surface area contributed by atoms with Crippen molar-refractivity contribution in [2.75, 3.05) is 19.6 Å². The number of aliphatic hydroxyl groups excluding tert-OH is 1. The number of nitrogens with one attached hydrogen (secondary N) is 1. The summed E-state index contributed by atoms with van der Waals surface area (Å²) >= 11 is 5.51. The van der Waals surface area contributed by atoms with Gasteiger partial charge in [0, 0.05) is 16.7 Å². The van der Waals surface area contributed by atoms with Gasteiger partial charge in [-0.2, -0.15) is 0 Å². The number of hydrogen-bond acceptors (Lipinski definition) is 6. The third kappa shape index (κ3) is 8.33. The van der Waals surface area contributed by atoms with Crippen LogP contribution in [0.15, 0.2) is 24.3 Å². The Hall–Kier alpha value is -2.26. The second kappa shape index (κ2) is 11.7. The molecule has 0 aliphatic heterocycles. The van der Waals surface area contributed by atoms with E-state index in [9.17, 15) is 14.7 Å². The molecule has 0 radical (unpaired) electrons. The number of rotatable bonds is 6. The molecule has 1 unspecified atom stereocenters. The largest absolute Gasteiger partial charge is 0.467 e. The molecule has 0 fully saturated rings. The van der Waals surface area contributed by atoms with E-state index in [4.69, 9.17) is 22.4 Å². The highest BCUT2D eigenvalue weighted by atomic mass is 35.5. The highest BCUT2D eigenvalue weighted by Gasteiger charge is 2.34. The summed E-state index contributed by atoms with van der Waals surface area (Å²) < 4.78 is 4.68. The summed E-state index contributed by atoms with van der Waals surface area (Å²) in [6.07, 6.45) is 0. The molecule has 1 amide bonds. The van der Waals surface area contributed by atoms with Crippen LogP contribution in [0.1, 0.15) is 29.8 Å². The maximum Gasteiger partial charge on any atom is 0.330 e. The van der Waals surface area contributed by atoms with E-state index in [0.29, 0.717) is 11.1 Å². The molecule has 0 saturated heterocycles. The minimum atomic E-state index is -1.69. The lowest BCUT2D eigenvalue weighted by atomic mass is 9.95. The van der Waals surface area contributed by atoms with E-state index in [2.05, 4.69) is 33.7 Å². The molecule has 1 aromatic rings. The van der Waals surface area contributed by atoms with Crippen LogP contribution in [0.4, 0.5) is 0 Å². The maximum atomic E-state index is 12.4. The van der Waals surface area contributed by atoms with Gasteiger partial charge in [-0.05, 0) is 50.0 Å². The molecule has 2 atom stereocenters. The van der Waals surface area contributed by atoms with Gasteiger partial charge in [0.25, 0.3) is 5.91 Å². The Morgan fingerprint density at radius 3 is 2.31 bits per heavy atom. The van der Waals surface area contributed by atoms with Crippen molar-refractivity contribution in [3.63, 3.8) is 0 Å². The summed E-state index contributed by atoms with van der Waals surface area (Å²) in [5.41, 5.74) is 4.13. The third-order valence-electron chi connectivity index (χ3n) is 3.65. The van der Waals surface area contributed by atoms with Gasteiger partial charge in [0.15, 0.2) is 5.60 Å². The van der Waals surface area contributed by atoms with Gasteiger partial charge < -0.3 is 26.0 Å². The summed E-state index contributed by atoms with van der Waals surface area (Å²) in [7, 11) is 1.22. The molecule has 0 saturated carbocycles. The molecule has 29 heavy (non-hydrogen) atoms. The number of aliphatic hydroxyl groups is 2. The molecular weight excluding hydrogens is 419 g/mol. The molecule has 0 aliphatic carbocycles. The van der Waals surface area contributed by atoms with Gasteiger partial charge in [0.05, 0.1) is 19.6 Å². The van der Waals surface area contributed by atoms with Crippen molar-refractivity contribution in [2.24, 2.45) is 5.73 Å². The standard InChI is InChI=1S/C20H23ClN2O5.ClH/c1-19(2,22)16(18(26)28-3)23-17(25)15-9-7-14(8-10-15)6-4-5-11-20(27,12-21)13-24;/h7-10,16,24,27H,12-13,22H2,1-3H3,(H,23,25);1H/t16-,20?;/m1./s1. The first-order valence-electron chi connectivity index (χ1n) is 8.26. The van der Waals surface area contributed by atoms with Crippen LogP contribution in [0.2, 0.25) is 0 Å². The number of carbonyl (C=O) groups is 2. The maximum absolute atomic E-state index is 12.4. The Balaban J connectivity index is 0.00000784. The lowest BCUT2D eigenvalue weighted by molar-refractivity contribution is -0.144. The van der Waals surface area contributed by atoms with E-state index in [1.807, 2.05) is 0 Å². The molecule has 0 aromatic heterocycles. The fourth-order valence-electron chi connectivity index (χ4n) is 1.95. The van der Waals surface area contributed by atoms with Gasteiger partial charge in [-0.1, -0.05) is 11.8 Å². The minimum Gasteiger partial charge on any atom is -0.467 e. The summed E-state index contributed by atoms with van der Waals surface area (Å²) in [4.78, 5) is 24.2. The predicted molar refractivity (Wildman–Crippen MR) is 113 cm³/mol. The van der Waals surface area contributed by atoms with Crippen molar-refractivity contribution in [3.05, 3.63) is 35.4 Å².